The van der Waals surface area contributed by atoms with Gasteiger partial charge in [-0.15, -0.1) is 0 Å². The molecule has 2 aromatic rings. The van der Waals surface area contributed by atoms with Gasteiger partial charge in [-0.2, -0.15) is 0 Å². The molecule has 0 aromatic heterocycles. The number of hydrogen-bond donors (Lipinski definition) is 0. The monoisotopic (exact) mass is 324 g/mol. The second-order valence-corrected chi connectivity index (χ2v) is 12.4. The van der Waals surface area contributed by atoms with Gasteiger partial charge in [0.15, 0.2) is 0 Å². The minimum Gasteiger partial charge on any atom is -0.462 e. The predicted molar refractivity (Wildman–Crippen MR) is 96.1 cm³/mol. The molecule has 0 spiro atoms. The SMILES string of the molecule is C[Si](C)(Cc1ccccc1)C[C@@H]1OC(=O)C[C@H]1c1ccccc1. The van der Waals surface area contributed by atoms with Crippen LogP contribution in [0.2, 0.25) is 19.1 Å². The second-order valence-electron chi connectivity index (χ2n) is 7.28. The summed E-state index contributed by atoms with van der Waals surface area (Å²) in [5.41, 5.74) is 2.62. The Bertz CT molecular complexity index is 652. The van der Waals surface area contributed by atoms with Gasteiger partial charge >= 0.3 is 5.97 Å². The van der Waals surface area contributed by atoms with Crippen molar-refractivity contribution in [2.24, 2.45) is 0 Å². The molecule has 0 amide bonds. The number of carbonyl (C=O) groups is 1. The van der Waals surface area contributed by atoms with Gasteiger partial charge in [0.05, 0.1) is 14.5 Å². The summed E-state index contributed by atoms with van der Waals surface area (Å²) in [6.07, 6.45) is 0.556. The molecule has 3 heteroatoms. The fraction of sp³-hybridized carbons (Fsp3) is 0.350. The molecule has 2 aromatic carbocycles. The van der Waals surface area contributed by atoms with Crippen LogP contribution in [0, 0.1) is 0 Å². The summed E-state index contributed by atoms with van der Waals surface area (Å²) in [4.78, 5) is 11.9. The zero-order valence-electron chi connectivity index (χ0n) is 13.9. The lowest BCUT2D eigenvalue weighted by Crippen LogP contribution is -2.35. The van der Waals surface area contributed by atoms with Crippen molar-refractivity contribution in [3.8, 4) is 0 Å². The van der Waals surface area contributed by atoms with Gasteiger partial charge in [-0.25, -0.2) is 0 Å². The molecule has 2 nitrogen and oxygen atoms in total. The van der Waals surface area contributed by atoms with Crippen molar-refractivity contribution in [2.45, 2.75) is 43.6 Å². The average Bonchev–Trinajstić information content (AvgIpc) is 2.88. The zero-order chi connectivity index (χ0) is 16.3. The minimum atomic E-state index is -1.49. The first-order valence-electron chi connectivity index (χ1n) is 8.32. The summed E-state index contributed by atoms with van der Waals surface area (Å²) in [5.74, 6) is 0.166. The van der Waals surface area contributed by atoms with E-state index >= 15 is 0 Å². The fourth-order valence-electron chi connectivity index (χ4n) is 3.59. The van der Waals surface area contributed by atoms with Crippen LogP contribution in [-0.4, -0.2) is 20.1 Å². The molecule has 0 N–H and O–H groups in total. The van der Waals surface area contributed by atoms with E-state index in [2.05, 4.69) is 55.6 Å². The largest absolute Gasteiger partial charge is 0.462 e. The number of hydrogen-bond acceptors (Lipinski definition) is 2. The van der Waals surface area contributed by atoms with Gasteiger partial charge in [0.2, 0.25) is 0 Å². The van der Waals surface area contributed by atoms with Crippen molar-refractivity contribution in [3.63, 3.8) is 0 Å². The molecule has 0 unspecified atom stereocenters. The van der Waals surface area contributed by atoms with E-state index in [-0.39, 0.29) is 18.0 Å². The number of ether oxygens (including phenoxy) is 1. The van der Waals surface area contributed by atoms with Crippen LogP contribution in [-0.2, 0) is 15.6 Å². The molecule has 1 aliphatic heterocycles. The van der Waals surface area contributed by atoms with Crippen molar-refractivity contribution in [3.05, 3.63) is 71.8 Å². The third-order valence-corrected chi connectivity index (χ3v) is 7.50. The van der Waals surface area contributed by atoms with Gasteiger partial charge in [-0.3, -0.25) is 4.79 Å². The van der Waals surface area contributed by atoms with Crippen LogP contribution in [0.3, 0.4) is 0 Å². The van der Waals surface area contributed by atoms with Crippen LogP contribution >= 0.6 is 0 Å². The molecule has 0 bridgehead atoms. The maximum absolute atomic E-state index is 11.9. The van der Waals surface area contributed by atoms with E-state index in [9.17, 15) is 4.79 Å². The lowest BCUT2D eigenvalue weighted by atomic mass is 9.93. The standard InChI is InChI=1S/C20H24O2Si/c1-23(2,14-16-9-5-3-6-10-16)15-19-18(13-20(21)22-19)17-11-7-4-8-12-17/h3-12,18-19H,13-15H2,1-2H3/t18-,19-/m0/s1. The maximum atomic E-state index is 11.9. The predicted octanol–water partition coefficient (Wildman–Crippen LogP) is 4.58. The summed E-state index contributed by atoms with van der Waals surface area (Å²) in [5, 5.41) is 0. The van der Waals surface area contributed by atoms with Crippen LogP contribution in [0.1, 0.15) is 23.5 Å². The molecule has 1 heterocycles. The first-order valence-corrected chi connectivity index (χ1v) is 11.7. The van der Waals surface area contributed by atoms with Crippen molar-refractivity contribution >= 4 is 14.0 Å². The van der Waals surface area contributed by atoms with Crippen molar-refractivity contribution < 1.29 is 9.53 Å². The second kappa shape index (κ2) is 6.71. The Hall–Kier alpha value is -1.87. The number of cyclic esters (lactones) is 1. The molecule has 1 saturated heterocycles. The summed E-state index contributed by atoms with van der Waals surface area (Å²) in [7, 11) is -1.49. The summed E-state index contributed by atoms with van der Waals surface area (Å²) in [6, 6.07) is 23.1. The quantitative estimate of drug-likeness (QED) is 0.594. The summed E-state index contributed by atoms with van der Waals surface area (Å²) in [6.45, 7) is 4.79. The highest BCUT2D eigenvalue weighted by atomic mass is 28.3. The lowest BCUT2D eigenvalue weighted by Gasteiger charge is -2.28. The number of carbonyl (C=O) groups excluding carboxylic acids is 1. The number of rotatable bonds is 5. The Labute approximate surface area is 139 Å². The molecule has 0 radical (unpaired) electrons. The van der Waals surface area contributed by atoms with Crippen LogP contribution in [0.25, 0.3) is 0 Å². The minimum absolute atomic E-state index is 0.0373. The Balaban J connectivity index is 1.73. The van der Waals surface area contributed by atoms with Gasteiger partial charge in [0, 0.05) is 5.92 Å². The topological polar surface area (TPSA) is 26.3 Å². The number of esters is 1. The summed E-state index contributed by atoms with van der Waals surface area (Å²) >= 11 is 0. The van der Waals surface area contributed by atoms with Crippen molar-refractivity contribution in [2.75, 3.05) is 0 Å². The molecule has 1 aliphatic rings. The van der Waals surface area contributed by atoms with E-state index in [1.165, 1.54) is 11.1 Å². The third kappa shape index (κ3) is 4.11. The Morgan fingerprint density at radius 3 is 2.26 bits per heavy atom. The van der Waals surface area contributed by atoms with E-state index in [1.807, 2.05) is 18.2 Å². The zero-order valence-corrected chi connectivity index (χ0v) is 14.9. The highest BCUT2D eigenvalue weighted by molar-refractivity contribution is 6.77. The molecule has 0 saturated carbocycles. The molecule has 23 heavy (non-hydrogen) atoms. The summed E-state index contributed by atoms with van der Waals surface area (Å²) < 4.78 is 5.70. The normalized spacial score (nSPS) is 21.2. The van der Waals surface area contributed by atoms with Gasteiger partial charge < -0.3 is 4.74 Å². The highest BCUT2D eigenvalue weighted by Gasteiger charge is 2.39. The average molecular weight is 324 g/mol. The van der Waals surface area contributed by atoms with Crippen LogP contribution in [0.4, 0.5) is 0 Å². The Morgan fingerprint density at radius 1 is 1.00 bits per heavy atom. The molecule has 3 rings (SSSR count). The first-order chi connectivity index (χ1) is 11.0. The van der Waals surface area contributed by atoms with Crippen molar-refractivity contribution in [1.29, 1.82) is 0 Å². The van der Waals surface area contributed by atoms with Gasteiger partial charge in [0.25, 0.3) is 0 Å². The van der Waals surface area contributed by atoms with E-state index in [0.717, 1.165) is 12.1 Å². The first kappa shape index (κ1) is 16.0. The molecule has 1 fully saturated rings. The molecule has 120 valence electrons. The van der Waals surface area contributed by atoms with Crippen LogP contribution < -0.4 is 0 Å². The Morgan fingerprint density at radius 2 is 1.61 bits per heavy atom. The van der Waals surface area contributed by atoms with Crippen molar-refractivity contribution in [1.82, 2.24) is 0 Å². The van der Waals surface area contributed by atoms with E-state index < -0.39 is 8.07 Å². The lowest BCUT2D eigenvalue weighted by molar-refractivity contribution is -0.140. The highest BCUT2D eigenvalue weighted by Crippen LogP contribution is 2.37. The molecular formula is C20H24O2Si. The van der Waals surface area contributed by atoms with Crippen LogP contribution in [0.5, 0.6) is 0 Å². The van der Waals surface area contributed by atoms with Gasteiger partial charge in [-0.1, -0.05) is 79.3 Å². The van der Waals surface area contributed by atoms with E-state index in [4.69, 9.17) is 4.74 Å². The molecule has 2 atom stereocenters. The smallest absolute Gasteiger partial charge is 0.306 e. The van der Waals surface area contributed by atoms with E-state index in [1.54, 1.807) is 0 Å². The van der Waals surface area contributed by atoms with Gasteiger partial charge in [0.1, 0.15) is 6.10 Å². The number of benzene rings is 2. The fourth-order valence-corrected chi connectivity index (χ4v) is 6.53. The molecular weight excluding hydrogens is 300 g/mol. The van der Waals surface area contributed by atoms with E-state index in [0.29, 0.717) is 6.42 Å². The maximum Gasteiger partial charge on any atom is 0.306 e. The molecule has 0 aliphatic carbocycles. The van der Waals surface area contributed by atoms with Gasteiger partial charge in [-0.05, 0) is 17.7 Å². The third-order valence-electron chi connectivity index (χ3n) is 4.63. The Kier molecular flexibility index (Phi) is 4.67. The van der Waals surface area contributed by atoms with Crippen LogP contribution in [0.15, 0.2) is 60.7 Å².